The summed E-state index contributed by atoms with van der Waals surface area (Å²) in [6, 6.07) is 2.97. The summed E-state index contributed by atoms with van der Waals surface area (Å²) >= 11 is 0. The number of benzene rings is 1. The molecule has 3 aromatic rings. The molecule has 0 amide bonds. The summed E-state index contributed by atoms with van der Waals surface area (Å²) in [6.07, 6.45) is 9.82. The van der Waals surface area contributed by atoms with Gasteiger partial charge in [-0.2, -0.15) is 0 Å². The molecule has 8 heteroatoms. The van der Waals surface area contributed by atoms with E-state index in [1.165, 1.54) is 6.07 Å². The van der Waals surface area contributed by atoms with E-state index in [1.54, 1.807) is 52.6 Å². The van der Waals surface area contributed by atoms with Crippen LogP contribution in [0.4, 0.5) is 11.4 Å². The van der Waals surface area contributed by atoms with Crippen molar-refractivity contribution in [3.63, 3.8) is 0 Å². The number of nitrogen functional groups attached to an aromatic ring is 1. The van der Waals surface area contributed by atoms with Crippen molar-refractivity contribution in [2.45, 2.75) is 0 Å². The van der Waals surface area contributed by atoms with Crippen LogP contribution in [0, 0.1) is 10.1 Å². The second kappa shape index (κ2) is 4.50. The molecule has 0 fully saturated rings. The lowest BCUT2D eigenvalue weighted by molar-refractivity contribution is -0.383. The molecule has 2 N–H and O–H groups in total. The average molecular weight is 270 g/mol. The number of nitrogens with two attached hydrogens (primary N) is 1. The van der Waals surface area contributed by atoms with Crippen molar-refractivity contribution in [3.8, 4) is 11.4 Å². The van der Waals surface area contributed by atoms with Crippen LogP contribution in [-0.2, 0) is 0 Å². The molecular formula is C12H10N6O2. The normalized spacial score (nSPS) is 10.6. The number of aromatic nitrogens is 4. The summed E-state index contributed by atoms with van der Waals surface area (Å²) in [6.45, 7) is 0. The van der Waals surface area contributed by atoms with Gasteiger partial charge in [0, 0.05) is 30.9 Å². The van der Waals surface area contributed by atoms with Crippen molar-refractivity contribution in [1.82, 2.24) is 19.1 Å². The van der Waals surface area contributed by atoms with Crippen molar-refractivity contribution in [2.24, 2.45) is 0 Å². The highest BCUT2D eigenvalue weighted by Gasteiger charge is 2.18. The molecule has 0 spiro atoms. The molecule has 0 saturated heterocycles. The van der Waals surface area contributed by atoms with Crippen molar-refractivity contribution in [2.75, 3.05) is 5.73 Å². The van der Waals surface area contributed by atoms with Crippen LogP contribution in [0.3, 0.4) is 0 Å². The highest BCUT2D eigenvalue weighted by Crippen LogP contribution is 2.30. The van der Waals surface area contributed by atoms with Crippen LogP contribution < -0.4 is 5.73 Å². The Kier molecular flexibility index (Phi) is 2.68. The van der Waals surface area contributed by atoms with Crippen LogP contribution in [0.1, 0.15) is 0 Å². The van der Waals surface area contributed by atoms with E-state index in [4.69, 9.17) is 5.73 Å². The van der Waals surface area contributed by atoms with Crippen molar-refractivity contribution in [1.29, 1.82) is 0 Å². The molecule has 3 rings (SSSR count). The quantitative estimate of drug-likeness (QED) is 0.441. The average Bonchev–Trinajstić information content (AvgIpc) is 3.11. The number of hydrogen-bond donors (Lipinski definition) is 1. The molecule has 0 atom stereocenters. The third-order valence-electron chi connectivity index (χ3n) is 2.89. The third kappa shape index (κ3) is 1.88. The minimum Gasteiger partial charge on any atom is -0.393 e. The predicted octanol–water partition coefficient (Wildman–Crippen LogP) is 1.55. The molecule has 20 heavy (non-hydrogen) atoms. The molecule has 0 saturated carbocycles. The maximum atomic E-state index is 11.0. The number of imidazole rings is 2. The van der Waals surface area contributed by atoms with Crippen LogP contribution in [0.5, 0.6) is 0 Å². The van der Waals surface area contributed by atoms with Gasteiger partial charge < -0.3 is 14.9 Å². The molecule has 0 bridgehead atoms. The first-order chi connectivity index (χ1) is 9.66. The fourth-order valence-corrected chi connectivity index (χ4v) is 1.96. The highest BCUT2D eigenvalue weighted by molar-refractivity contribution is 5.70. The van der Waals surface area contributed by atoms with Gasteiger partial charge in [-0.1, -0.05) is 0 Å². The number of rotatable bonds is 3. The molecule has 8 nitrogen and oxygen atoms in total. The van der Waals surface area contributed by atoms with Gasteiger partial charge in [0.15, 0.2) is 0 Å². The largest absolute Gasteiger partial charge is 0.393 e. The summed E-state index contributed by atoms with van der Waals surface area (Å²) in [4.78, 5) is 18.4. The van der Waals surface area contributed by atoms with Gasteiger partial charge >= 0.3 is 0 Å². The fourth-order valence-electron chi connectivity index (χ4n) is 1.96. The van der Waals surface area contributed by atoms with E-state index in [1.807, 2.05) is 0 Å². The van der Waals surface area contributed by atoms with E-state index < -0.39 is 4.92 Å². The van der Waals surface area contributed by atoms with Crippen LogP contribution in [0.15, 0.2) is 49.6 Å². The molecule has 0 radical (unpaired) electrons. The minimum atomic E-state index is -0.506. The van der Waals surface area contributed by atoms with Gasteiger partial charge in [-0.15, -0.1) is 0 Å². The standard InChI is InChI=1S/C12H10N6O2/c13-9-5-11(16-3-1-14-7-16)12(6-10(9)18(19)20)17-4-2-15-8-17/h1-8H,13H2. The van der Waals surface area contributed by atoms with E-state index >= 15 is 0 Å². The SMILES string of the molecule is Nc1cc(-n2ccnc2)c(-n2ccnc2)cc1[N+](=O)[O-]. The van der Waals surface area contributed by atoms with E-state index in [9.17, 15) is 10.1 Å². The van der Waals surface area contributed by atoms with Gasteiger partial charge in [0.2, 0.25) is 0 Å². The first kappa shape index (κ1) is 11.9. The Morgan fingerprint density at radius 1 is 1.05 bits per heavy atom. The van der Waals surface area contributed by atoms with Gasteiger partial charge in [0.05, 0.1) is 29.0 Å². The Morgan fingerprint density at radius 3 is 2.05 bits per heavy atom. The first-order valence-electron chi connectivity index (χ1n) is 5.71. The maximum absolute atomic E-state index is 11.0. The number of nitrogens with zero attached hydrogens (tertiary/aromatic N) is 5. The van der Waals surface area contributed by atoms with E-state index in [0.29, 0.717) is 11.4 Å². The van der Waals surface area contributed by atoms with Gasteiger partial charge in [0.25, 0.3) is 5.69 Å². The summed E-state index contributed by atoms with van der Waals surface area (Å²) in [5, 5.41) is 11.0. The Labute approximate surface area is 113 Å². The second-order valence-corrected chi connectivity index (χ2v) is 4.10. The Hall–Kier alpha value is -3.16. The summed E-state index contributed by atoms with van der Waals surface area (Å²) in [5.74, 6) is 0. The molecule has 100 valence electrons. The fraction of sp³-hybridized carbons (Fsp3) is 0. The zero-order valence-electron chi connectivity index (χ0n) is 10.2. The lowest BCUT2D eigenvalue weighted by Crippen LogP contribution is -2.04. The molecule has 2 heterocycles. The molecule has 0 aliphatic rings. The van der Waals surface area contributed by atoms with E-state index in [-0.39, 0.29) is 11.4 Å². The Bertz CT molecular complexity index is 749. The molecule has 0 aliphatic carbocycles. The van der Waals surface area contributed by atoms with Gasteiger partial charge in [0.1, 0.15) is 5.69 Å². The number of nitro groups is 1. The maximum Gasteiger partial charge on any atom is 0.294 e. The molecule has 0 unspecified atom stereocenters. The van der Waals surface area contributed by atoms with Gasteiger partial charge in [-0.05, 0) is 6.07 Å². The van der Waals surface area contributed by atoms with Crippen molar-refractivity contribution >= 4 is 11.4 Å². The van der Waals surface area contributed by atoms with Crippen LogP contribution in [0.2, 0.25) is 0 Å². The number of nitro benzene ring substituents is 1. The van der Waals surface area contributed by atoms with Crippen molar-refractivity contribution in [3.05, 3.63) is 59.7 Å². The van der Waals surface area contributed by atoms with Crippen LogP contribution >= 0.6 is 0 Å². The Morgan fingerprint density at radius 2 is 1.60 bits per heavy atom. The minimum absolute atomic E-state index is 0.0996. The molecule has 2 aromatic heterocycles. The number of anilines is 1. The highest BCUT2D eigenvalue weighted by atomic mass is 16.6. The summed E-state index contributed by atoms with van der Waals surface area (Å²) in [5.41, 5.74) is 6.99. The third-order valence-corrected chi connectivity index (χ3v) is 2.89. The van der Waals surface area contributed by atoms with E-state index in [0.717, 1.165) is 0 Å². The topological polar surface area (TPSA) is 105 Å². The van der Waals surface area contributed by atoms with Crippen LogP contribution in [0.25, 0.3) is 11.4 Å². The van der Waals surface area contributed by atoms with Crippen molar-refractivity contribution < 1.29 is 4.92 Å². The zero-order valence-corrected chi connectivity index (χ0v) is 10.2. The van der Waals surface area contributed by atoms with Gasteiger partial charge in [-0.3, -0.25) is 10.1 Å². The van der Waals surface area contributed by atoms with E-state index in [2.05, 4.69) is 9.97 Å². The summed E-state index contributed by atoms with van der Waals surface area (Å²) < 4.78 is 3.41. The monoisotopic (exact) mass is 270 g/mol. The lowest BCUT2D eigenvalue weighted by atomic mass is 10.2. The lowest BCUT2D eigenvalue weighted by Gasteiger charge is -2.12. The second-order valence-electron chi connectivity index (χ2n) is 4.10. The number of hydrogen-bond acceptors (Lipinski definition) is 5. The Balaban J connectivity index is 2.28. The molecule has 0 aliphatic heterocycles. The zero-order chi connectivity index (χ0) is 14.1. The summed E-state index contributed by atoms with van der Waals surface area (Å²) in [7, 11) is 0. The molecular weight excluding hydrogens is 260 g/mol. The van der Waals surface area contributed by atoms with Crippen LogP contribution in [-0.4, -0.2) is 24.0 Å². The molecule has 1 aromatic carbocycles. The van der Waals surface area contributed by atoms with Gasteiger partial charge in [-0.25, -0.2) is 9.97 Å². The smallest absolute Gasteiger partial charge is 0.294 e. The first-order valence-corrected chi connectivity index (χ1v) is 5.71. The predicted molar refractivity (Wildman–Crippen MR) is 71.8 cm³/mol.